The molecule has 0 amide bonds. The van der Waals surface area contributed by atoms with E-state index in [1.165, 1.54) is 12.8 Å². The molecule has 1 unspecified atom stereocenters. The second-order valence-electron chi connectivity index (χ2n) is 2.19. The topological polar surface area (TPSA) is 12.0 Å². The molecule has 1 rings (SSSR count). The first kappa shape index (κ1) is 3.90. The second kappa shape index (κ2) is 2.31. The molecule has 1 aliphatic heterocycles. The fourth-order valence-electron chi connectivity index (χ4n) is 0.972. The molecule has 7 heavy (non-hydrogen) atoms. The Morgan fingerprint density at radius 2 is 2.86 bits per heavy atom. The monoisotopic (exact) mass is 101 g/mol. The summed E-state index contributed by atoms with van der Waals surface area (Å²) in [6.45, 7) is 4.18. The fourth-order valence-corrected chi connectivity index (χ4v) is 0.972. The van der Waals surface area contributed by atoms with Gasteiger partial charge in [-0.2, -0.15) is 0 Å². The quantitative estimate of drug-likeness (QED) is 0.519. The smallest absolute Gasteiger partial charge is 0.122 e. The van der Waals surface area contributed by atoms with Gasteiger partial charge in [-0.25, -0.2) is 0 Å². The summed E-state index contributed by atoms with van der Waals surface area (Å²) in [6, 6.07) is 0. The summed E-state index contributed by atoms with van der Waals surface area (Å²) < 4.78 is 7.20. The molecule has 0 radical (unpaired) electrons. The predicted octanol–water partition coefficient (Wildman–Crippen LogP) is 1.01. The Morgan fingerprint density at radius 3 is 3.14 bits per heavy atom. The van der Waals surface area contributed by atoms with Gasteiger partial charge in [0.15, 0.2) is 0 Å². The normalized spacial score (nSPS) is 36.1. The van der Waals surface area contributed by atoms with Gasteiger partial charge in [-0.1, -0.05) is 13.3 Å². The van der Waals surface area contributed by atoms with Crippen LogP contribution in [0.25, 0.3) is 0 Å². The van der Waals surface area contributed by atoms with E-state index in [-0.39, 0.29) is 0 Å². The zero-order valence-corrected chi connectivity index (χ0v) is 4.85. The van der Waals surface area contributed by atoms with Crippen molar-refractivity contribution >= 4 is 0 Å². The van der Waals surface area contributed by atoms with Gasteiger partial charge in [-0.3, -0.25) is 0 Å². The third-order valence-corrected chi connectivity index (χ3v) is 1.66. The van der Waals surface area contributed by atoms with Crippen LogP contribution in [0, 0.1) is 5.92 Å². The molecule has 1 N–H and O–H groups in total. The van der Waals surface area contributed by atoms with Crippen molar-refractivity contribution < 1.29 is 1.41 Å². The largest absolute Gasteiger partial charge is 0.316 e. The Kier molecular flexibility index (Phi) is 1.29. The third kappa shape index (κ3) is 1.16. The van der Waals surface area contributed by atoms with Crippen molar-refractivity contribution in [1.82, 2.24) is 5.31 Å². The highest BCUT2D eigenvalue weighted by molar-refractivity contribution is 4.68. The number of rotatable bonds is 1. The van der Waals surface area contributed by atoms with E-state index in [1.807, 2.05) is 0 Å². The van der Waals surface area contributed by atoms with E-state index < -0.39 is 0 Å². The van der Waals surface area contributed by atoms with Gasteiger partial charge in [-0.15, -0.1) is 0 Å². The zero-order chi connectivity index (χ0) is 5.98. The first-order chi connectivity index (χ1) is 3.83. The molecule has 0 aromatic rings. The summed E-state index contributed by atoms with van der Waals surface area (Å²) in [6.07, 6.45) is 2.48. The SMILES string of the molecule is [3H]N1CCC(CC)C1. The van der Waals surface area contributed by atoms with Crippen LogP contribution in [0.3, 0.4) is 0 Å². The summed E-state index contributed by atoms with van der Waals surface area (Å²) in [7, 11) is 0. The van der Waals surface area contributed by atoms with Crippen molar-refractivity contribution in [3.05, 3.63) is 0 Å². The van der Waals surface area contributed by atoms with Crippen LogP contribution in [0.15, 0.2) is 0 Å². The van der Waals surface area contributed by atoms with E-state index in [0.29, 0.717) is 0 Å². The van der Waals surface area contributed by atoms with Crippen molar-refractivity contribution in [2.24, 2.45) is 5.92 Å². The maximum Gasteiger partial charge on any atom is 0.122 e. The van der Waals surface area contributed by atoms with Crippen LogP contribution in [0.4, 0.5) is 0 Å². The van der Waals surface area contributed by atoms with E-state index in [1.54, 1.807) is 5.31 Å². The highest BCUT2D eigenvalue weighted by Crippen LogP contribution is 2.09. The minimum atomic E-state index is 0.812. The second-order valence-corrected chi connectivity index (χ2v) is 2.19. The lowest BCUT2D eigenvalue weighted by molar-refractivity contribution is 0.563. The molecule has 1 heterocycles. The molecule has 1 atom stereocenters. The average molecular weight is 101 g/mol. The van der Waals surface area contributed by atoms with Crippen molar-refractivity contribution in [3.63, 3.8) is 0 Å². The molecule has 0 spiro atoms. The highest BCUT2D eigenvalue weighted by atomic mass is 14.9. The Morgan fingerprint density at radius 1 is 2.00 bits per heavy atom. The first-order valence-electron chi connectivity index (χ1n) is 3.51. The van der Waals surface area contributed by atoms with Crippen LogP contribution >= 0.6 is 0 Å². The standard InChI is InChI=1S/C6H13N/c1-2-6-3-4-7-5-6/h6-7H,2-5H2,1H3/i/hT. The van der Waals surface area contributed by atoms with E-state index in [0.717, 1.165) is 19.0 Å². The summed E-state index contributed by atoms with van der Waals surface area (Å²) in [4.78, 5) is 0. The zero-order valence-electron chi connectivity index (χ0n) is 5.85. The van der Waals surface area contributed by atoms with Crippen LogP contribution in [-0.4, -0.2) is 13.1 Å². The molecule has 42 valence electrons. The van der Waals surface area contributed by atoms with E-state index in [2.05, 4.69) is 6.92 Å². The number of hydrogen-bond acceptors (Lipinski definition) is 1. The van der Waals surface area contributed by atoms with E-state index >= 15 is 0 Å². The molecule has 1 heteroatoms. The maximum atomic E-state index is 7.20. The summed E-state index contributed by atoms with van der Waals surface area (Å²) in [5.41, 5.74) is 0. The third-order valence-electron chi connectivity index (χ3n) is 1.66. The maximum absolute atomic E-state index is 7.20. The van der Waals surface area contributed by atoms with Gasteiger partial charge in [0.05, 0.1) is 0 Å². The van der Waals surface area contributed by atoms with Crippen molar-refractivity contribution in [2.75, 3.05) is 13.1 Å². The minimum absolute atomic E-state index is 0.812. The van der Waals surface area contributed by atoms with Gasteiger partial charge in [0.2, 0.25) is 0 Å². The van der Waals surface area contributed by atoms with Crippen LogP contribution in [0.2, 0.25) is 1.41 Å². The average Bonchev–Trinajstić information content (AvgIpc) is 2.14. The van der Waals surface area contributed by atoms with Crippen LogP contribution in [0.5, 0.6) is 0 Å². The Balaban J connectivity index is 2.22. The summed E-state index contributed by atoms with van der Waals surface area (Å²) in [5.74, 6) is 0.812. The first-order valence-corrected chi connectivity index (χ1v) is 3.06. The minimum Gasteiger partial charge on any atom is -0.316 e. The Labute approximate surface area is 46.6 Å². The molecule has 0 aromatic carbocycles. The van der Waals surface area contributed by atoms with Crippen molar-refractivity contribution in [3.8, 4) is 0 Å². The fraction of sp³-hybridized carbons (Fsp3) is 1.00. The van der Waals surface area contributed by atoms with E-state index in [9.17, 15) is 0 Å². The summed E-state index contributed by atoms with van der Waals surface area (Å²) in [5, 5.41) is 1.66. The molecule has 1 aliphatic rings. The lowest BCUT2D eigenvalue weighted by Crippen LogP contribution is -2.07. The Hall–Kier alpha value is -0.0400. The highest BCUT2D eigenvalue weighted by Gasteiger charge is 2.10. The van der Waals surface area contributed by atoms with Gasteiger partial charge in [0.25, 0.3) is 0 Å². The van der Waals surface area contributed by atoms with Gasteiger partial charge in [0.1, 0.15) is 1.41 Å². The lowest BCUT2D eigenvalue weighted by Gasteiger charge is -1.98. The molecule has 1 nitrogen and oxygen atoms in total. The predicted molar refractivity (Wildman–Crippen MR) is 31.3 cm³/mol. The van der Waals surface area contributed by atoms with Crippen LogP contribution in [-0.2, 0) is 0 Å². The molecule has 0 saturated carbocycles. The van der Waals surface area contributed by atoms with Gasteiger partial charge in [0, 0.05) is 0 Å². The van der Waals surface area contributed by atoms with Gasteiger partial charge < -0.3 is 5.31 Å². The van der Waals surface area contributed by atoms with E-state index in [4.69, 9.17) is 1.41 Å². The van der Waals surface area contributed by atoms with Gasteiger partial charge >= 0.3 is 0 Å². The van der Waals surface area contributed by atoms with Gasteiger partial charge in [-0.05, 0) is 25.4 Å². The lowest BCUT2D eigenvalue weighted by atomic mass is 10.1. The van der Waals surface area contributed by atoms with Crippen LogP contribution < -0.4 is 5.31 Å². The number of nitrogens with one attached hydrogen (secondary N) is 1. The summed E-state index contributed by atoms with van der Waals surface area (Å²) >= 11 is 0. The Bertz CT molecular complexity index is 74.9. The molecule has 0 bridgehead atoms. The molecule has 1 saturated heterocycles. The number of hydrogen-bond donors (Lipinski definition) is 1. The molecule has 0 aliphatic carbocycles. The van der Waals surface area contributed by atoms with Crippen LogP contribution in [0.1, 0.15) is 19.8 Å². The molecule has 0 aromatic heterocycles. The molecular formula is C6H13N. The van der Waals surface area contributed by atoms with Crippen molar-refractivity contribution in [1.29, 1.82) is 0 Å². The van der Waals surface area contributed by atoms with Crippen molar-refractivity contribution in [2.45, 2.75) is 19.8 Å². The molecular weight excluding hydrogens is 86.1 g/mol. The molecule has 1 fully saturated rings.